The Kier molecular flexibility index (Phi) is 2.73. The Morgan fingerprint density at radius 3 is 2.64 bits per heavy atom. The zero-order chi connectivity index (χ0) is 10.7. The molecule has 0 saturated carbocycles. The van der Waals surface area contributed by atoms with Gasteiger partial charge in [0.05, 0.1) is 18.2 Å². The summed E-state index contributed by atoms with van der Waals surface area (Å²) in [4.78, 5) is 10.9. The van der Waals surface area contributed by atoms with Crippen molar-refractivity contribution in [3.05, 3.63) is 28.8 Å². The van der Waals surface area contributed by atoms with E-state index in [0.717, 1.165) is 0 Å². The van der Waals surface area contributed by atoms with Gasteiger partial charge in [0, 0.05) is 5.56 Å². The van der Waals surface area contributed by atoms with Gasteiger partial charge in [-0.15, -0.1) is 0 Å². The van der Waals surface area contributed by atoms with Crippen molar-refractivity contribution in [3.8, 4) is 11.8 Å². The molecule has 0 saturated heterocycles. The van der Waals surface area contributed by atoms with Gasteiger partial charge in [0.25, 0.3) is 0 Å². The van der Waals surface area contributed by atoms with E-state index in [0.29, 0.717) is 11.3 Å². The summed E-state index contributed by atoms with van der Waals surface area (Å²) >= 11 is 0. The maximum absolute atomic E-state index is 10.9. The maximum Gasteiger partial charge on any atom is 0.337 e. The first kappa shape index (κ1) is 10.1. The summed E-state index contributed by atoms with van der Waals surface area (Å²) in [5.41, 5.74) is 0.627. The van der Waals surface area contributed by atoms with Crippen molar-refractivity contribution in [1.82, 2.24) is 0 Å². The molecule has 0 bridgehead atoms. The van der Waals surface area contributed by atoms with E-state index in [1.807, 2.05) is 6.07 Å². The molecule has 1 rings (SSSR count). The first-order valence-electron chi connectivity index (χ1n) is 3.92. The van der Waals surface area contributed by atoms with Crippen LogP contribution < -0.4 is 4.74 Å². The lowest BCUT2D eigenvalue weighted by molar-refractivity contribution is 0.0695. The molecule has 72 valence electrons. The van der Waals surface area contributed by atoms with Crippen LogP contribution in [-0.2, 0) is 0 Å². The zero-order valence-corrected chi connectivity index (χ0v) is 7.87. The van der Waals surface area contributed by atoms with Crippen molar-refractivity contribution in [3.63, 3.8) is 0 Å². The number of carboxylic acids is 1. The number of benzene rings is 1. The summed E-state index contributed by atoms with van der Waals surface area (Å²) in [7, 11) is 1.46. The van der Waals surface area contributed by atoms with Gasteiger partial charge in [-0.3, -0.25) is 0 Å². The van der Waals surface area contributed by atoms with Crippen molar-refractivity contribution in [2.75, 3.05) is 7.11 Å². The standard InChI is InChI=1S/C10H9NO3/c1-6-8(14-2)4-3-7(5-11)9(6)10(12)13/h3-4H,1-2H3,(H,12,13). The van der Waals surface area contributed by atoms with E-state index in [4.69, 9.17) is 15.1 Å². The minimum Gasteiger partial charge on any atom is -0.496 e. The van der Waals surface area contributed by atoms with E-state index >= 15 is 0 Å². The van der Waals surface area contributed by atoms with Crippen molar-refractivity contribution in [2.24, 2.45) is 0 Å². The summed E-state index contributed by atoms with van der Waals surface area (Å²) in [5.74, 6) is -0.639. The maximum atomic E-state index is 10.9. The molecule has 0 aliphatic heterocycles. The van der Waals surface area contributed by atoms with Crippen LogP contribution in [0.25, 0.3) is 0 Å². The first-order valence-corrected chi connectivity index (χ1v) is 3.92. The van der Waals surface area contributed by atoms with Crippen molar-refractivity contribution in [2.45, 2.75) is 6.92 Å². The Balaban J connectivity index is 3.49. The van der Waals surface area contributed by atoms with Gasteiger partial charge < -0.3 is 9.84 Å². The lowest BCUT2D eigenvalue weighted by Crippen LogP contribution is -2.04. The molecule has 0 spiro atoms. The SMILES string of the molecule is COc1ccc(C#N)c(C(=O)O)c1C. The second kappa shape index (κ2) is 3.79. The molecule has 0 amide bonds. The highest BCUT2D eigenvalue weighted by Crippen LogP contribution is 2.24. The highest BCUT2D eigenvalue weighted by atomic mass is 16.5. The molecule has 0 heterocycles. The number of carbonyl (C=O) groups is 1. The fourth-order valence-corrected chi connectivity index (χ4v) is 1.28. The van der Waals surface area contributed by atoms with Crippen LogP contribution in [0, 0.1) is 18.3 Å². The lowest BCUT2D eigenvalue weighted by Gasteiger charge is -2.08. The molecule has 14 heavy (non-hydrogen) atoms. The van der Waals surface area contributed by atoms with Crippen molar-refractivity contribution >= 4 is 5.97 Å². The minimum atomic E-state index is -1.11. The molecule has 0 aliphatic carbocycles. The van der Waals surface area contributed by atoms with Gasteiger partial charge in [-0.05, 0) is 19.1 Å². The molecule has 4 nitrogen and oxygen atoms in total. The summed E-state index contributed by atoms with van der Waals surface area (Å²) in [6.07, 6.45) is 0. The smallest absolute Gasteiger partial charge is 0.337 e. The van der Waals surface area contributed by atoms with Gasteiger partial charge in [0.15, 0.2) is 0 Å². The predicted octanol–water partition coefficient (Wildman–Crippen LogP) is 1.57. The van der Waals surface area contributed by atoms with Crippen LogP contribution >= 0.6 is 0 Å². The molecular weight excluding hydrogens is 182 g/mol. The van der Waals surface area contributed by atoms with E-state index in [9.17, 15) is 4.79 Å². The number of hydrogen-bond acceptors (Lipinski definition) is 3. The average molecular weight is 191 g/mol. The highest BCUT2D eigenvalue weighted by molar-refractivity contribution is 5.93. The minimum absolute atomic E-state index is 0.00634. The summed E-state index contributed by atoms with van der Waals surface area (Å²) in [6.45, 7) is 1.61. The first-order chi connectivity index (χ1) is 6.61. The number of nitrogens with zero attached hydrogens (tertiary/aromatic N) is 1. The number of methoxy groups -OCH3 is 1. The topological polar surface area (TPSA) is 70.3 Å². The van der Waals surface area contributed by atoms with E-state index in [1.54, 1.807) is 13.0 Å². The molecule has 0 atom stereocenters. The largest absolute Gasteiger partial charge is 0.496 e. The second-order valence-corrected chi connectivity index (χ2v) is 2.73. The number of aromatic carboxylic acids is 1. The molecule has 0 aromatic heterocycles. The summed E-state index contributed by atoms with van der Waals surface area (Å²) in [5, 5.41) is 17.6. The highest BCUT2D eigenvalue weighted by Gasteiger charge is 2.16. The van der Waals surface area contributed by atoms with Crippen LogP contribution in [0.2, 0.25) is 0 Å². The normalized spacial score (nSPS) is 9.21. The number of ether oxygens (including phenoxy) is 1. The molecule has 1 aromatic carbocycles. The fraction of sp³-hybridized carbons (Fsp3) is 0.200. The van der Waals surface area contributed by atoms with Crippen molar-refractivity contribution < 1.29 is 14.6 Å². The zero-order valence-electron chi connectivity index (χ0n) is 7.87. The Morgan fingerprint density at radius 2 is 2.21 bits per heavy atom. The van der Waals surface area contributed by atoms with Gasteiger partial charge in [-0.2, -0.15) is 5.26 Å². The van der Waals surface area contributed by atoms with E-state index < -0.39 is 5.97 Å². The summed E-state index contributed by atoms with van der Waals surface area (Å²) < 4.78 is 4.96. The Morgan fingerprint density at radius 1 is 1.57 bits per heavy atom. The number of carboxylic acid groups (broad SMARTS) is 1. The lowest BCUT2D eigenvalue weighted by atomic mass is 10.0. The fourth-order valence-electron chi connectivity index (χ4n) is 1.28. The predicted molar refractivity (Wildman–Crippen MR) is 49.4 cm³/mol. The number of nitriles is 1. The second-order valence-electron chi connectivity index (χ2n) is 2.73. The summed E-state index contributed by atoms with van der Waals surface area (Å²) in [6, 6.07) is 4.86. The molecule has 4 heteroatoms. The molecule has 1 aromatic rings. The third-order valence-electron chi connectivity index (χ3n) is 1.97. The van der Waals surface area contributed by atoms with Crippen molar-refractivity contribution in [1.29, 1.82) is 5.26 Å². The Hall–Kier alpha value is -2.02. The molecule has 0 fully saturated rings. The van der Waals surface area contributed by atoms with E-state index in [1.165, 1.54) is 13.2 Å². The molecular formula is C10H9NO3. The van der Waals surface area contributed by atoms with Crippen LogP contribution in [0.4, 0.5) is 0 Å². The van der Waals surface area contributed by atoms with Crippen LogP contribution in [-0.4, -0.2) is 18.2 Å². The molecule has 0 unspecified atom stereocenters. The van der Waals surface area contributed by atoms with Crippen LogP contribution in [0.15, 0.2) is 12.1 Å². The van der Waals surface area contributed by atoms with E-state index in [-0.39, 0.29) is 11.1 Å². The quantitative estimate of drug-likeness (QED) is 0.770. The van der Waals surface area contributed by atoms with Gasteiger partial charge >= 0.3 is 5.97 Å². The molecule has 0 radical (unpaired) electrons. The molecule has 0 aliphatic rings. The Labute approximate surface area is 81.4 Å². The van der Waals surface area contributed by atoms with Crippen LogP contribution in [0.1, 0.15) is 21.5 Å². The van der Waals surface area contributed by atoms with E-state index in [2.05, 4.69) is 0 Å². The third kappa shape index (κ3) is 1.52. The van der Waals surface area contributed by atoms with Crippen LogP contribution in [0.5, 0.6) is 5.75 Å². The third-order valence-corrected chi connectivity index (χ3v) is 1.97. The number of rotatable bonds is 2. The van der Waals surface area contributed by atoms with Crippen LogP contribution in [0.3, 0.4) is 0 Å². The van der Waals surface area contributed by atoms with Gasteiger partial charge in [-0.25, -0.2) is 4.79 Å². The Bertz CT molecular complexity index is 418. The molecule has 1 N–H and O–H groups in total. The average Bonchev–Trinajstić information content (AvgIpc) is 2.16. The van der Waals surface area contributed by atoms with Gasteiger partial charge in [0.1, 0.15) is 11.8 Å². The number of hydrogen-bond donors (Lipinski definition) is 1. The monoisotopic (exact) mass is 191 g/mol. The van der Waals surface area contributed by atoms with Gasteiger partial charge in [0.2, 0.25) is 0 Å². The van der Waals surface area contributed by atoms with Gasteiger partial charge in [-0.1, -0.05) is 0 Å².